The lowest BCUT2D eigenvalue weighted by Crippen LogP contribution is -2.22. The molecule has 2 aromatic carbocycles. The maximum Gasteiger partial charge on any atom is 0.123 e. The summed E-state index contributed by atoms with van der Waals surface area (Å²) >= 11 is 0. The number of nitrogens with two attached hydrogens (primary N) is 1. The Morgan fingerprint density at radius 2 is 1.60 bits per heavy atom. The van der Waals surface area contributed by atoms with Gasteiger partial charge in [0.25, 0.3) is 0 Å². The van der Waals surface area contributed by atoms with Gasteiger partial charge in [-0.25, -0.2) is 8.78 Å². The minimum absolute atomic E-state index is 0.263. The quantitative estimate of drug-likeness (QED) is 0.906. The first kappa shape index (κ1) is 14.5. The van der Waals surface area contributed by atoms with Gasteiger partial charge in [-0.3, -0.25) is 0 Å². The van der Waals surface area contributed by atoms with Crippen molar-refractivity contribution in [3.63, 3.8) is 0 Å². The van der Waals surface area contributed by atoms with Crippen LogP contribution in [0.4, 0.5) is 14.5 Å². The standard InChI is InChI=1S/C16H18F2N2/c1-2-20(16-5-3-14(17)4-6-16)11-13-7-12(10-19)8-15(18)9-13/h3-9H,2,10-11,19H2,1H3. The van der Waals surface area contributed by atoms with Crippen LogP contribution in [0.5, 0.6) is 0 Å². The molecule has 0 atom stereocenters. The maximum atomic E-state index is 13.5. The molecule has 2 aromatic rings. The number of rotatable bonds is 5. The second kappa shape index (κ2) is 6.48. The van der Waals surface area contributed by atoms with Crippen LogP contribution in [0.25, 0.3) is 0 Å². The van der Waals surface area contributed by atoms with Crippen molar-refractivity contribution in [2.45, 2.75) is 20.0 Å². The molecule has 0 aliphatic heterocycles. The second-order valence-corrected chi connectivity index (χ2v) is 4.66. The molecule has 0 radical (unpaired) electrons. The molecule has 106 valence electrons. The van der Waals surface area contributed by atoms with Crippen LogP contribution in [-0.2, 0) is 13.1 Å². The Balaban J connectivity index is 2.21. The minimum atomic E-state index is -0.280. The third-order valence-electron chi connectivity index (χ3n) is 3.20. The Hall–Kier alpha value is -1.94. The Kier molecular flexibility index (Phi) is 4.69. The van der Waals surface area contributed by atoms with Crippen molar-refractivity contribution in [2.75, 3.05) is 11.4 Å². The zero-order valence-electron chi connectivity index (χ0n) is 11.4. The highest BCUT2D eigenvalue weighted by molar-refractivity contribution is 5.47. The van der Waals surface area contributed by atoms with Crippen LogP contribution in [0, 0.1) is 11.6 Å². The minimum Gasteiger partial charge on any atom is -0.367 e. The van der Waals surface area contributed by atoms with Gasteiger partial charge < -0.3 is 10.6 Å². The van der Waals surface area contributed by atoms with E-state index in [1.165, 1.54) is 24.3 Å². The molecular formula is C16H18F2N2. The molecule has 0 unspecified atom stereocenters. The van der Waals surface area contributed by atoms with Gasteiger partial charge in [-0.1, -0.05) is 6.07 Å². The molecule has 0 bridgehead atoms. The summed E-state index contributed by atoms with van der Waals surface area (Å²) < 4.78 is 26.5. The van der Waals surface area contributed by atoms with Gasteiger partial charge in [-0.05, 0) is 54.4 Å². The number of nitrogens with zero attached hydrogens (tertiary/aromatic N) is 1. The summed E-state index contributed by atoms with van der Waals surface area (Å²) in [7, 11) is 0. The second-order valence-electron chi connectivity index (χ2n) is 4.66. The molecule has 0 saturated carbocycles. The fraction of sp³-hybridized carbons (Fsp3) is 0.250. The average Bonchev–Trinajstić information content (AvgIpc) is 2.45. The highest BCUT2D eigenvalue weighted by Crippen LogP contribution is 2.19. The van der Waals surface area contributed by atoms with Gasteiger partial charge in [0.2, 0.25) is 0 Å². The van der Waals surface area contributed by atoms with E-state index in [0.29, 0.717) is 13.1 Å². The fourth-order valence-corrected chi connectivity index (χ4v) is 2.18. The van der Waals surface area contributed by atoms with Crippen LogP contribution in [0.3, 0.4) is 0 Å². The van der Waals surface area contributed by atoms with Gasteiger partial charge in [0, 0.05) is 25.3 Å². The first-order valence-corrected chi connectivity index (χ1v) is 6.61. The molecule has 0 fully saturated rings. The Morgan fingerprint density at radius 1 is 0.950 bits per heavy atom. The fourth-order valence-electron chi connectivity index (χ4n) is 2.18. The third-order valence-corrected chi connectivity index (χ3v) is 3.20. The first-order valence-electron chi connectivity index (χ1n) is 6.61. The van der Waals surface area contributed by atoms with Crippen molar-refractivity contribution in [1.29, 1.82) is 0 Å². The van der Waals surface area contributed by atoms with Crippen molar-refractivity contribution in [1.82, 2.24) is 0 Å². The highest BCUT2D eigenvalue weighted by atomic mass is 19.1. The predicted molar refractivity (Wildman–Crippen MR) is 77.4 cm³/mol. The summed E-state index contributed by atoms with van der Waals surface area (Å²) in [6, 6.07) is 11.1. The highest BCUT2D eigenvalue weighted by Gasteiger charge is 2.07. The molecule has 0 heterocycles. The van der Waals surface area contributed by atoms with Crippen LogP contribution in [0.2, 0.25) is 0 Å². The van der Waals surface area contributed by atoms with E-state index in [1.54, 1.807) is 12.1 Å². The molecule has 0 amide bonds. The molecule has 2 nitrogen and oxygen atoms in total. The Labute approximate surface area is 117 Å². The van der Waals surface area contributed by atoms with E-state index < -0.39 is 0 Å². The summed E-state index contributed by atoms with van der Waals surface area (Å²) in [5, 5.41) is 0. The number of anilines is 1. The summed E-state index contributed by atoms with van der Waals surface area (Å²) in [5.74, 6) is -0.543. The average molecular weight is 276 g/mol. The number of halogens is 2. The zero-order valence-corrected chi connectivity index (χ0v) is 11.4. The predicted octanol–water partition coefficient (Wildman–Crippen LogP) is 3.45. The van der Waals surface area contributed by atoms with Gasteiger partial charge in [0.15, 0.2) is 0 Å². The van der Waals surface area contributed by atoms with Crippen LogP contribution >= 0.6 is 0 Å². The van der Waals surface area contributed by atoms with Gasteiger partial charge in [-0.2, -0.15) is 0 Å². The Bertz CT molecular complexity index is 567. The third kappa shape index (κ3) is 3.54. The number of hydrogen-bond acceptors (Lipinski definition) is 2. The van der Waals surface area contributed by atoms with Crippen LogP contribution in [0.15, 0.2) is 42.5 Å². The van der Waals surface area contributed by atoms with Gasteiger partial charge in [-0.15, -0.1) is 0 Å². The maximum absolute atomic E-state index is 13.5. The largest absolute Gasteiger partial charge is 0.367 e. The Morgan fingerprint density at radius 3 is 2.20 bits per heavy atom. The van der Waals surface area contributed by atoms with Gasteiger partial charge in [0.05, 0.1) is 0 Å². The lowest BCUT2D eigenvalue weighted by atomic mass is 10.1. The topological polar surface area (TPSA) is 29.3 Å². The molecule has 4 heteroatoms. The molecule has 0 aliphatic carbocycles. The van der Waals surface area contributed by atoms with E-state index >= 15 is 0 Å². The van der Waals surface area contributed by atoms with E-state index in [9.17, 15) is 8.78 Å². The number of hydrogen-bond donors (Lipinski definition) is 1. The molecule has 0 aliphatic rings. The molecule has 0 spiro atoms. The van der Waals surface area contributed by atoms with E-state index in [2.05, 4.69) is 4.90 Å². The summed E-state index contributed by atoms with van der Waals surface area (Å²) in [5.41, 5.74) is 8.10. The van der Waals surface area contributed by atoms with E-state index in [0.717, 1.165) is 23.4 Å². The summed E-state index contributed by atoms with van der Waals surface area (Å²) in [6.07, 6.45) is 0. The summed E-state index contributed by atoms with van der Waals surface area (Å²) in [6.45, 7) is 3.63. The normalized spacial score (nSPS) is 10.6. The molecule has 0 aromatic heterocycles. The molecular weight excluding hydrogens is 258 g/mol. The van der Waals surface area contributed by atoms with Crippen LogP contribution < -0.4 is 10.6 Å². The first-order chi connectivity index (χ1) is 9.62. The molecule has 2 rings (SSSR count). The van der Waals surface area contributed by atoms with E-state index in [-0.39, 0.29) is 11.6 Å². The smallest absolute Gasteiger partial charge is 0.123 e. The van der Waals surface area contributed by atoms with Crippen molar-refractivity contribution in [2.24, 2.45) is 5.73 Å². The molecule has 0 saturated heterocycles. The van der Waals surface area contributed by atoms with Crippen molar-refractivity contribution in [3.8, 4) is 0 Å². The van der Waals surface area contributed by atoms with E-state index in [1.807, 2.05) is 13.0 Å². The molecule has 20 heavy (non-hydrogen) atoms. The van der Waals surface area contributed by atoms with Crippen molar-refractivity contribution < 1.29 is 8.78 Å². The van der Waals surface area contributed by atoms with Crippen molar-refractivity contribution >= 4 is 5.69 Å². The van der Waals surface area contributed by atoms with Gasteiger partial charge >= 0.3 is 0 Å². The summed E-state index contributed by atoms with van der Waals surface area (Å²) in [4.78, 5) is 2.05. The molecule has 2 N–H and O–H groups in total. The lowest BCUT2D eigenvalue weighted by Gasteiger charge is -2.23. The SMILES string of the molecule is CCN(Cc1cc(F)cc(CN)c1)c1ccc(F)cc1. The lowest BCUT2D eigenvalue weighted by molar-refractivity contribution is 0.622. The van der Waals surface area contributed by atoms with Crippen LogP contribution in [-0.4, -0.2) is 6.54 Å². The zero-order chi connectivity index (χ0) is 14.5. The number of benzene rings is 2. The van der Waals surface area contributed by atoms with Crippen molar-refractivity contribution in [3.05, 3.63) is 65.2 Å². The van der Waals surface area contributed by atoms with E-state index in [4.69, 9.17) is 5.73 Å². The van der Waals surface area contributed by atoms with Gasteiger partial charge in [0.1, 0.15) is 11.6 Å². The monoisotopic (exact) mass is 276 g/mol. The van der Waals surface area contributed by atoms with Crippen LogP contribution in [0.1, 0.15) is 18.1 Å².